The number of hydrogen-bond donors (Lipinski definition) is 3. The highest BCUT2D eigenvalue weighted by Gasteiger charge is 2.46. The first kappa shape index (κ1) is 24.7. The number of benzene rings is 2. The van der Waals surface area contributed by atoms with Crippen molar-refractivity contribution in [2.45, 2.75) is 56.5 Å². The van der Waals surface area contributed by atoms with Crippen molar-refractivity contribution in [1.82, 2.24) is 5.32 Å². The molecule has 3 heterocycles. The molecule has 0 aliphatic carbocycles. The van der Waals surface area contributed by atoms with Gasteiger partial charge < -0.3 is 30.0 Å². The number of aliphatic hydroxyl groups excluding tert-OH is 1. The van der Waals surface area contributed by atoms with Crippen LogP contribution in [-0.4, -0.2) is 55.1 Å². The minimum absolute atomic E-state index is 0.0154. The Labute approximate surface area is 209 Å². The van der Waals surface area contributed by atoms with Gasteiger partial charge in [-0.25, -0.2) is 4.39 Å². The molecule has 2 aromatic carbocycles. The predicted molar refractivity (Wildman–Crippen MR) is 129 cm³/mol. The van der Waals surface area contributed by atoms with Crippen LogP contribution in [0.5, 0.6) is 5.75 Å². The third kappa shape index (κ3) is 5.38. The van der Waals surface area contributed by atoms with Crippen molar-refractivity contribution in [1.29, 1.82) is 0 Å². The van der Waals surface area contributed by atoms with Gasteiger partial charge in [-0.15, -0.1) is 0 Å². The van der Waals surface area contributed by atoms with Gasteiger partial charge >= 0.3 is 0 Å². The highest BCUT2D eigenvalue weighted by molar-refractivity contribution is 5.92. The number of aliphatic hydroxyl groups is 1. The van der Waals surface area contributed by atoms with Crippen LogP contribution in [0.2, 0.25) is 0 Å². The topological polar surface area (TPSA) is 106 Å². The molecule has 3 N–H and O–H groups in total. The van der Waals surface area contributed by atoms with E-state index in [1.807, 2.05) is 18.2 Å². The van der Waals surface area contributed by atoms with Crippen LogP contribution in [0.4, 0.5) is 10.1 Å². The number of hydrogen-bond acceptors (Lipinski definition) is 6. The minimum atomic E-state index is -0.583. The summed E-state index contributed by atoms with van der Waals surface area (Å²) in [6, 6.07) is 11.9. The molecule has 0 bridgehead atoms. The lowest BCUT2D eigenvalue weighted by Crippen LogP contribution is -2.47. The fourth-order valence-electron chi connectivity index (χ4n) is 5.29. The monoisotopic (exact) mass is 498 g/mol. The van der Waals surface area contributed by atoms with Crippen LogP contribution in [0, 0.1) is 11.7 Å². The van der Waals surface area contributed by atoms with E-state index in [2.05, 4.69) is 10.6 Å². The van der Waals surface area contributed by atoms with Crippen LogP contribution in [-0.2, 0) is 25.6 Å². The smallest absolute Gasteiger partial charge is 0.227 e. The molecule has 9 heteroatoms. The summed E-state index contributed by atoms with van der Waals surface area (Å²) in [6.07, 6.45) is 0.646. The molecule has 2 fully saturated rings. The first-order chi connectivity index (χ1) is 17.5. The van der Waals surface area contributed by atoms with Gasteiger partial charge in [-0.3, -0.25) is 9.59 Å². The Balaban J connectivity index is 1.24. The quantitative estimate of drug-likeness (QED) is 0.542. The van der Waals surface area contributed by atoms with Crippen LogP contribution in [0.3, 0.4) is 0 Å². The molecule has 3 aliphatic heterocycles. The summed E-state index contributed by atoms with van der Waals surface area (Å²) in [5, 5.41) is 15.7. The minimum Gasteiger partial charge on any atom is -0.487 e. The number of amides is 2. The summed E-state index contributed by atoms with van der Waals surface area (Å²) in [5.41, 5.74) is 2.04. The first-order valence-electron chi connectivity index (χ1n) is 12.5. The average molecular weight is 499 g/mol. The summed E-state index contributed by atoms with van der Waals surface area (Å²) in [5.74, 6) is -0.0938. The van der Waals surface area contributed by atoms with Gasteiger partial charge in [0.2, 0.25) is 11.8 Å². The van der Waals surface area contributed by atoms with Crippen LogP contribution in [0.25, 0.3) is 0 Å². The molecule has 0 unspecified atom stereocenters. The molecule has 36 heavy (non-hydrogen) atoms. The van der Waals surface area contributed by atoms with E-state index in [4.69, 9.17) is 14.2 Å². The Hall–Kier alpha value is -3.01. The summed E-state index contributed by atoms with van der Waals surface area (Å²) in [7, 11) is 0. The lowest BCUT2D eigenvalue weighted by atomic mass is 9.84. The van der Waals surface area contributed by atoms with Crippen molar-refractivity contribution in [3.8, 4) is 5.75 Å². The van der Waals surface area contributed by atoms with Crippen LogP contribution >= 0.6 is 0 Å². The Kier molecular flexibility index (Phi) is 7.50. The molecule has 2 amide bonds. The van der Waals surface area contributed by atoms with Gasteiger partial charge in [0.05, 0.1) is 19.1 Å². The fraction of sp³-hybridized carbons (Fsp3) is 0.481. The Bertz CT molecular complexity index is 1110. The van der Waals surface area contributed by atoms with E-state index >= 15 is 0 Å². The lowest BCUT2D eigenvalue weighted by Gasteiger charge is -2.37. The Morgan fingerprint density at radius 3 is 2.69 bits per heavy atom. The number of carbonyl (C=O) groups is 2. The van der Waals surface area contributed by atoms with E-state index in [0.29, 0.717) is 49.5 Å². The van der Waals surface area contributed by atoms with E-state index in [1.165, 1.54) is 6.07 Å². The third-order valence-corrected chi connectivity index (χ3v) is 7.21. The maximum atomic E-state index is 13.9. The number of halogens is 1. The molecular weight excluding hydrogens is 467 g/mol. The molecular formula is C27H31FN2O6. The summed E-state index contributed by atoms with van der Waals surface area (Å²) >= 11 is 0. The van der Waals surface area contributed by atoms with Crippen LogP contribution < -0.4 is 15.4 Å². The molecule has 0 saturated carbocycles. The van der Waals surface area contributed by atoms with Gasteiger partial charge in [0.15, 0.2) is 0 Å². The van der Waals surface area contributed by atoms with Crippen LogP contribution in [0.15, 0.2) is 42.5 Å². The summed E-state index contributed by atoms with van der Waals surface area (Å²) < 4.78 is 31.3. The number of ether oxygens (including phenoxy) is 3. The molecule has 0 radical (unpaired) electrons. The van der Waals surface area contributed by atoms with Crippen molar-refractivity contribution in [2.24, 2.45) is 5.92 Å². The lowest BCUT2D eigenvalue weighted by molar-refractivity contribution is -0.142. The number of carbonyl (C=O) groups excluding carboxylic acids is 2. The van der Waals surface area contributed by atoms with Crippen molar-refractivity contribution in [2.75, 3.05) is 25.1 Å². The molecule has 2 aromatic rings. The number of nitrogens with one attached hydrogen (secondary N) is 2. The normalized spacial score (nSPS) is 25.4. The van der Waals surface area contributed by atoms with Gasteiger partial charge in [-0.2, -0.15) is 0 Å². The molecule has 2 saturated heterocycles. The molecule has 0 aromatic heterocycles. The molecule has 3 aliphatic rings. The van der Waals surface area contributed by atoms with Crippen molar-refractivity contribution in [3.63, 3.8) is 0 Å². The van der Waals surface area contributed by atoms with E-state index < -0.39 is 12.2 Å². The maximum Gasteiger partial charge on any atom is 0.227 e. The SMILES string of the molecule is O=C(C[C@H]1C[C@H]2c3cc(NC(=O)C4CCOCC4)ccc3O[C@H]2[C@H](CO)O1)NCc1ccccc1F. The molecule has 192 valence electrons. The van der Waals surface area contributed by atoms with E-state index in [0.717, 1.165) is 5.56 Å². The van der Waals surface area contributed by atoms with Gasteiger partial charge in [0.25, 0.3) is 0 Å². The van der Waals surface area contributed by atoms with Gasteiger partial charge in [-0.1, -0.05) is 18.2 Å². The Morgan fingerprint density at radius 2 is 1.92 bits per heavy atom. The van der Waals surface area contributed by atoms with E-state index in [9.17, 15) is 19.1 Å². The zero-order valence-corrected chi connectivity index (χ0v) is 20.0. The zero-order valence-electron chi connectivity index (χ0n) is 20.0. The zero-order chi connectivity index (χ0) is 25.1. The molecule has 4 atom stereocenters. The van der Waals surface area contributed by atoms with E-state index in [1.54, 1.807) is 18.2 Å². The molecule has 8 nitrogen and oxygen atoms in total. The highest BCUT2D eigenvalue weighted by Crippen LogP contribution is 2.47. The van der Waals surface area contributed by atoms with Crippen molar-refractivity contribution >= 4 is 17.5 Å². The van der Waals surface area contributed by atoms with Gasteiger partial charge in [0, 0.05) is 48.4 Å². The number of fused-ring (bicyclic) bond motifs is 3. The summed E-state index contributed by atoms with van der Waals surface area (Å²) in [6.45, 7) is 1.04. The predicted octanol–water partition coefficient (Wildman–Crippen LogP) is 2.89. The van der Waals surface area contributed by atoms with Gasteiger partial charge in [0.1, 0.15) is 23.8 Å². The second kappa shape index (κ2) is 10.9. The Morgan fingerprint density at radius 1 is 1.11 bits per heavy atom. The second-order valence-corrected chi connectivity index (χ2v) is 9.60. The fourth-order valence-corrected chi connectivity index (χ4v) is 5.29. The standard InChI is InChI=1S/C27H31FN2O6/c28-22-4-2-1-3-17(22)14-29-25(32)13-19-12-21-20-11-18(30-27(33)16-7-9-34-10-8-16)5-6-23(20)36-26(21)24(15-31)35-19/h1-6,11,16,19,21,24,26,31H,7-10,12-15H2,(H,29,32)(H,30,33)/t19-,21+,24+,26-/m1/s1. The van der Waals surface area contributed by atoms with E-state index in [-0.39, 0.29) is 55.1 Å². The summed E-state index contributed by atoms with van der Waals surface area (Å²) in [4.78, 5) is 25.3. The maximum absolute atomic E-state index is 13.9. The highest BCUT2D eigenvalue weighted by atomic mass is 19.1. The number of anilines is 1. The van der Waals surface area contributed by atoms with Crippen LogP contribution in [0.1, 0.15) is 42.7 Å². The molecule has 0 spiro atoms. The van der Waals surface area contributed by atoms with Crippen molar-refractivity contribution < 1.29 is 33.3 Å². The second-order valence-electron chi connectivity index (χ2n) is 9.60. The average Bonchev–Trinajstić information content (AvgIpc) is 3.26. The van der Waals surface area contributed by atoms with Gasteiger partial charge in [-0.05, 0) is 43.5 Å². The molecule has 5 rings (SSSR count). The third-order valence-electron chi connectivity index (χ3n) is 7.21. The first-order valence-corrected chi connectivity index (χ1v) is 12.5. The number of rotatable bonds is 7. The largest absolute Gasteiger partial charge is 0.487 e. The van der Waals surface area contributed by atoms with Crippen molar-refractivity contribution in [3.05, 3.63) is 59.4 Å².